The van der Waals surface area contributed by atoms with Gasteiger partial charge in [-0.15, -0.1) is 12.5 Å². The third-order valence-electron chi connectivity index (χ3n) is 1.92. The van der Waals surface area contributed by atoms with Crippen LogP contribution in [-0.4, -0.2) is 0 Å². The van der Waals surface area contributed by atoms with Crippen LogP contribution in [0, 0.1) is 11.8 Å². The average Bonchev–Trinajstić information content (AvgIpc) is 2.19. The van der Waals surface area contributed by atoms with Crippen LogP contribution in [0.2, 0.25) is 0 Å². The van der Waals surface area contributed by atoms with E-state index in [9.17, 15) is 0 Å². The number of allylic oxidation sites excluding steroid dienone is 1. The molecule has 0 nitrogen and oxygen atoms in total. The molecule has 0 aliphatic carbocycles. The molecule has 0 heterocycles. The minimum Gasteiger partial charge on any atom is -0.106 e. The summed E-state index contributed by atoms with van der Waals surface area (Å²) in [4.78, 5) is 0. The SMILES string of the molecule is C=CCC(C#CC)c1ccccc1. The molecule has 0 aromatic heterocycles. The van der Waals surface area contributed by atoms with Crippen molar-refractivity contribution in [2.45, 2.75) is 19.3 Å². The molecule has 0 aliphatic heterocycles. The summed E-state index contributed by atoms with van der Waals surface area (Å²) in [6.07, 6.45) is 2.84. The summed E-state index contributed by atoms with van der Waals surface area (Å²) in [5.41, 5.74) is 1.27. The first-order valence-electron chi connectivity index (χ1n) is 4.46. The van der Waals surface area contributed by atoms with Gasteiger partial charge in [0.25, 0.3) is 0 Å². The molecule has 0 N–H and O–H groups in total. The van der Waals surface area contributed by atoms with Crippen molar-refractivity contribution in [1.29, 1.82) is 0 Å². The van der Waals surface area contributed by atoms with Gasteiger partial charge in [-0.25, -0.2) is 0 Å². The molecule has 13 heavy (non-hydrogen) atoms. The second-order valence-electron chi connectivity index (χ2n) is 2.88. The van der Waals surface area contributed by atoms with E-state index >= 15 is 0 Å². The summed E-state index contributed by atoms with van der Waals surface area (Å²) in [7, 11) is 0. The van der Waals surface area contributed by atoms with Gasteiger partial charge in [-0.2, -0.15) is 0 Å². The van der Waals surface area contributed by atoms with E-state index < -0.39 is 0 Å². The van der Waals surface area contributed by atoms with Crippen molar-refractivity contribution in [3.05, 3.63) is 48.6 Å². The van der Waals surface area contributed by atoms with E-state index in [0.29, 0.717) is 5.92 Å². The van der Waals surface area contributed by atoms with Gasteiger partial charge >= 0.3 is 0 Å². The Labute approximate surface area is 80.3 Å². The molecule has 0 saturated carbocycles. The number of benzene rings is 1. The van der Waals surface area contributed by atoms with Gasteiger partial charge in [-0.05, 0) is 18.9 Å². The summed E-state index contributed by atoms with van der Waals surface area (Å²) in [6.45, 7) is 5.61. The van der Waals surface area contributed by atoms with E-state index in [1.807, 2.05) is 31.2 Å². The van der Waals surface area contributed by atoms with Gasteiger partial charge in [-0.3, -0.25) is 0 Å². The lowest BCUT2D eigenvalue weighted by Crippen LogP contribution is -1.93. The Bertz CT molecular complexity index is 311. The van der Waals surface area contributed by atoms with Gasteiger partial charge in [0.05, 0.1) is 0 Å². The van der Waals surface area contributed by atoms with Crippen molar-refractivity contribution in [3.8, 4) is 11.8 Å². The zero-order chi connectivity index (χ0) is 9.52. The highest BCUT2D eigenvalue weighted by Crippen LogP contribution is 2.18. The molecule has 1 rings (SSSR count). The van der Waals surface area contributed by atoms with Crippen molar-refractivity contribution in [1.82, 2.24) is 0 Å². The van der Waals surface area contributed by atoms with E-state index in [0.717, 1.165) is 6.42 Å². The van der Waals surface area contributed by atoms with Crippen LogP contribution in [0.5, 0.6) is 0 Å². The van der Waals surface area contributed by atoms with Crippen molar-refractivity contribution in [2.75, 3.05) is 0 Å². The molecular weight excluding hydrogens is 156 g/mol. The highest BCUT2D eigenvalue weighted by molar-refractivity contribution is 5.28. The van der Waals surface area contributed by atoms with Gasteiger partial charge in [0.2, 0.25) is 0 Å². The highest BCUT2D eigenvalue weighted by Gasteiger charge is 2.04. The van der Waals surface area contributed by atoms with Crippen LogP contribution in [-0.2, 0) is 0 Å². The Hall–Kier alpha value is -1.48. The van der Waals surface area contributed by atoms with Crippen LogP contribution in [0.3, 0.4) is 0 Å². The minimum absolute atomic E-state index is 0.309. The van der Waals surface area contributed by atoms with Crippen molar-refractivity contribution >= 4 is 0 Å². The van der Waals surface area contributed by atoms with E-state index in [2.05, 4.69) is 30.6 Å². The number of hydrogen-bond acceptors (Lipinski definition) is 0. The fraction of sp³-hybridized carbons (Fsp3) is 0.231. The molecule has 0 fully saturated rings. The summed E-state index contributed by atoms with van der Waals surface area (Å²) in [5.74, 6) is 6.44. The van der Waals surface area contributed by atoms with Crippen molar-refractivity contribution < 1.29 is 0 Å². The summed E-state index contributed by atoms with van der Waals surface area (Å²) >= 11 is 0. The third kappa shape index (κ3) is 2.80. The first kappa shape index (κ1) is 9.61. The molecule has 0 saturated heterocycles. The molecule has 0 radical (unpaired) electrons. The average molecular weight is 170 g/mol. The molecule has 0 heteroatoms. The third-order valence-corrected chi connectivity index (χ3v) is 1.92. The maximum absolute atomic E-state index is 3.74. The van der Waals surface area contributed by atoms with Gasteiger partial charge in [0.1, 0.15) is 0 Å². The monoisotopic (exact) mass is 170 g/mol. The number of rotatable bonds is 3. The van der Waals surface area contributed by atoms with E-state index in [1.165, 1.54) is 5.56 Å². The second-order valence-corrected chi connectivity index (χ2v) is 2.88. The van der Waals surface area contributed by atoms with E-state index in [1.54, 1.807) is 0 Å². The molecule has 0 aliphatic rings. The van der Waals surface area contributed by atoms with E-state index in [4.69, 9.17) is 0 Å². The van der Waals surface area contributed by atoms with Gasteiger partial charge in [-0.1, -0.05) is 42.3 Å². The number of hydrogen-bond donors (Lipinski definition) is 0. The Morgan fingerprint density at radius 3 is 2.62 bits per heavy atom. The predicted octanol–water partition coefficient (Wildman–Crippen LogP) is 3.37. The molecule has 1 atom stereocenters. The van der Waals surface area contributed by atoms with Crippen LogP contribution in [0.25, 0.3) is 0 Å². The minimum atomic E-state index is 0.309. The summed E-state index contributed by atoms with van der Waals surface area (Å²) < 4.78 is 0. The molecule has 1 aromatic rings. The second kappa shape index (κ2) is 5.22. The Morgan fingerprint density at radius 2 is 2.08 bits per heavy atom. The molecule has 66 valence electrons. The molecule has 0 spiro atoms. The Morgan fingerprint density at radius 1 is 1.38 bits per heavy atom. The van der Waals surface area contributed by atoms with Crippen LogP contribution >= 0.6 is 0 Å². The Kier molecular flexibility index (Phi) is 3.85. The molecule has 1 unspecified atom stereocenters. The first-order valence-corrected chi connectivity index (χ1v) is 4.46. The maximum Gasteiger partial charge on any atom is 0.0486 e. The standard InChI is InChI=1S/C13H14/c1-3-8-12(9-4-2)13-10-6-5-7-11-13/h3,5-7,10-12H,1,8H2,2H3. The van der Waals surface area contributed by atoms with Crippen LogP contribution in [0.4, 0.5) is 0 Å². The lowest BCUT2D eigenvalue weighted by molar-refractivity contribution is 0.894. The molecular formula is C13H14. The van der Waals surface area contributed by atoms with Crippen LogP contribution in [0.1, 0.15) is 24.8 Å². The fourth-order valence-electron chi connectivity index (χ4n) is 1.30. The van der Waals surface area contributed by atoms with Gasteiger partial charge in [0, 0.05) is 5.92 Å². The first-order chi connectivity index (χ1) is 6.38. The normalized spacial score (nSPS) is 11.2. The molecule has 0 amide bonds. The fourth-order valence-corrected chi connectivity index (χ4v) is 1.30. The molecule has 1 aromatic carbocycles. The smallest absolute Gasteiger partial charge is 0.0486 e. The van der Waals surface area contributed by atoms with E-state index in [-0.39, 0.29) is 0 Å². The van der Waals surface area contributed by atoms with Gasteiger partial charge in [0.15, 0.2) is 0 Å². The highest BCUT2D eigenvalue weighted by atomic mass is 14.1. The topological polar surface area (TPSA) is 0 Å². The van der Waals surface area contributed by atoms with Crippen LogP contribution in [0.15, 0.2) is 43.0 Å². The van der Waals surface area contributed by atoms with Gasteiger partial charge < -0.3 is 0 Å². The van der Waals surface area contributed by atoms with Crippen molar-refractivity contribution in [3.63, 3.8) is 0 Å². The lowest BCUT2D eigenvalue weighted by atomic mass is 9.96. The maximum atomic E-state index is 3.74. The predicted molar refractivity (Wildman–Crippen MR) is 57.4 cm³/mol. The van der Waals surface area contributed by atoms with Crippen LogP contribution < -0.4 is 0 Å². The zero-order valence-electron chi connectivity index (χ0n) is 7.96. The summed E-state index contributed by atoms with van der Waals surface area (Å²) in [6, 6.07) is 10.3. The summed E-state index contributed by atoms with van der Waals surface area (Å²) in [5, 5.41) is 0. The lowest BCUT2D eigenvalue weighted by Gasteiger charge is -2.07. The zero-order valence-corrected chi connectivity index (χ0v) is 7.96. The Balaban J connectivity index is 2.86. The quantitative estimate of drug-likeness (QED) is 0.482. The largest absolute Gasteiger partial charge is 0.106 e. The molecule has 0 bridgehead atoms. The van der Waals surface area contributed by atoms with Crippen molar-refractivity contribution in [2.24, 2.45) is 0 Å².